The van der Waals surface area contributed by atoms with Crippen LogP contribution in [0.1, 0.15) is 16.1 Å². The van der Waals surface area contributed by atoms with E-state index in [1.54, 1.807) is 11.3 Å². The largest absolute Gasteiger partial charge is 0.369 e. The fourth-order valence-electron chi connectivity index (χ4n) is 3.37. The van der Waals surface area contributed by atoms with Crippen LogP contribution in [0.25, 0.3) is 10.1 Å². The smallest absolute Gasteiger partial charge is 0.174 e. The number of carbonyl (C=O) groups is 1. The lowest BCUT2D eigenvalue weighted by atomic mass is 10.2. The first-order valence-electron chi connectivity index (χ1n) is 8.84. The second kappa shape index (κ2) is 7.38. The van der Waals surface area contributed by atoms with Crippen LogP contribution < -0.4 is 4.90 Å². The summed E-state index contributed by atoms with van der Waals surface area (Å²) in [7, 11) is 0. The van der Waals surface area contributed by atoms with Crippen molar-refractivity contribution in [3.63, 3.8) is 0 Å². The van der Waals surface area contributed by atoms with Crippen molar-refractivity contribution in [1.29, 1.82) is 0 Å². The van der Waals surface area contributed by atoms with E-state index < -0.39 is 0 Å². The Morgan fingerprint density at radius 2 is 1.64 bits per heavy atom. The van der Waals surface area contributed by atoms with Crippen LogP contribution in [0.15, 0.2) is 60.7 Å². The van der Waals surface area contributed by atoms with E-state index in [1.165, 1.54) is 15.8 Å². The Hall–Kier alpha value is -2.17. The maximum absolute atomic E-state index is 12.5. The zero-order chi connectivity index (χ0) is 17.1. The molecule has 1 aromatic heterocycles. The van der Waals surface area contributed by atoms with Gasteiger partial charge in [-0.3, -0.25) is 9.69 Å². The summed E-state index contributed by atoms with van der Waals surface area (Å²) in [6.07, 6.45) is 0.609. The van der Waals surface area contributed by atoms with Crippen molar-refractivity contribution in [2.45, 2.75) is 6.42 Å². The molecular formula is C21H22N2OS. The summed E-state index contributed by atoms with van der Waals surface area (Å²) >= 11 is 1.61. The molecule has 128 valence electrons. The molecular weight excluding hydrogens is 328 g/mol. The van der Waals surface area contributed by atoms with Crippen molar-refractivity contribution in [1.82, 2.24) is 4.90 Å². The van der Waals surface area contributed by atoms with E-state index in [4.69, 9.17) is 0 Å². The molecule has 1 aliphatic rings. The van der Waals surface area contributed by atoms with Gasteiger partial charge in [0.15, 0.2) is 5.78 Å². The normalized spacial score (nSPS) is 15.6. The standard InChI is InChI=1S/C21H22N2OS/c24-19(21-16-17-6-4-5-9-20(17)25-21)10-11-22-12-14-23(15-13-22)18-7-2-1-3-8-18/h1-9,16H,10-15H2. The lowest BCUT2D eigenvalue weighted by Crippen LogP contribution is -2.46. The topological polar surface area (TPSA) is 23.6 Å². The first kappa shape index (κ1) is 16.3. The number of rotatable bonds is 5. The van der Waals surface area contributed by atoms with Crippen LogP contribution in [0.4, 0.5) is 5.69 Å². The second-order valence-corrected chi connectivity index (χ2v) is 7.57. The maximum Gasteiger partial charge on any atom is 0.174 e. The Morgan fingerprint density at radius 3 is 2.40 bits per heavy atom. The quantitative estimate of drug-likeness (QED) is 0.641. The molecule has 0 bridgehead atoms. The fourth-order valence-corrected chi connectivity index (χ4v) is 4.40. The number of fused-ring (bicyclic) bond motifs is 1. The Morgan fingerprint density at radius 1 is 0.920 bits per heavy atom. The molecule has 1 fully saturated rings. The molecule has 0 spiro atoms. The van der Waals surface area contributed by atoms with Crippen LogP contribution >= 0.6 is 11.3 Å². The van der Waals surface area contributed by atoms with Crippen molar-refractivity contribution in [3.05, 3.63) is 65.5 Å². The van der Waals surface area contributed by atoms with Gasteiger partial charge in [-0.25, -0.2) is 0 Å². The summed E-state index contributed by atoms with van der Waals surface area (Å²) in [5, 5.41) is 1.17. The molecule has 0 amide bonds. The van der Waals surface area contributed by atoms with Gasteiger partial charge in [-0.15, -0.1) is 11.3 Å². The van der Waals surface area contributed by atoms with Crippen molar-refractivity contribution in [2.24, 2.45) is 0 Å². The van der Waals surface area contributed by atoms with Crippen LogP contribution in [0.2, 0.25) is 0 Å². The summed E-state index contributed by atoms with van der Waals surface area (Å²) in [5.74, 6) is 0.270. The Kier molecular flexibility index (Phi) is 4.81. The number of piperazine rings is 1. The van der Waals surface area contributed by atoms with Gasteiger partial charge in [0.2, 0.25) is 0 Å². The predicted molar refractivity (Wildman–Crippen MR) is 106 cm³/mol. The molecule has 0 unspecified atom stereocenters. The lowest BCUT2D eigenvalue weighted by molar-refractivity contribution is 0.0966. The number of hydrogen-bond donors (Lipinski definition) is 0. The third-order valence-corrected chi connectivity index (χ3v) is 6.01. The Bertz CT molecular complexity index is 817. The summed E-state index contributed by atoms with van der Waals surface area (Å²) < 4.78 is 1.20. The van der Waals surface area contributed by atoms with Gasteiger partial charge in [0.05, 0.1) is 4.88 Å². The zero-order valence-electron chi connectivity index (χ0n) is 14.2. The van der Waals surface area contributed by atoms with Crippen molar-refractivity contribution in [3.8, 4) is 0 Å². The van der Waals surface area contributed by atoms with E-state index in [0.717, 1.165) is 37.6 Å². The molecule has 2 heterocycles. The molecule has 4 heteroatoms. The SMILES string of the molecule is O=C(CCN1CCN(c2ccccc2)CC1)c1cc2ccccc2s1. The Balaban J connectivity index is 1.29. The number of para-hydroxylation sites is 1. The van der Waals surface area contributed by atoms with Crippen LogP contribution in [0, 0.1) is 0 Å². The van der Waals surface area contributed by atoms with Gasteiger partial charge in [-0.2, -0.15) is 0 Å². The van der Waals surface area contributed by atoms with Gasteiger partial charge in [0, 0.05) is 49.5 Å². The summed E-state index contributed by atoms with van der Waals surface area (Å²) in [6.45, 7) is 4.96. The first-order chi connectivity index (χ1) is 12.3. The third-order valence-electron chi connectivity index (χ3n) is 4.85. The minimum absolute atomic E-state index is 0.270. The summed E-state index contributed by atoms with van der Waals surface area (Å²) in [4.78, 5) is 18.2. The number of thiophene rings is 1. The molecule has 0 radical (unpaired) electrons. The van der Waals surface area contributed by atoms with Gasteiger partial charge in [-0.05, 0) is 29.7 Å². The molecule has 1 aliphatic heterocycles. The van der Waals surface area contributed by atoms with Crippen molar-refractivity contribution in [2.75, 3.05) is 37.6 Å². The molecule has 25 heavy (non-hydrogen) atoms. The first-order valence-corrected chi connectivity index (χ1v) is 9.65. The van der Waals surface area contributed by atoms with Gasteiger partial charge in [-0.1, -0.05) is 36.4 Å². The van der Waals surface area contributed by atoms with E-state index in [0.29, 0.717) is 6.42 Å². The predicted octanol–water partition coefficient (Wildman–Crippen LogP) is 4.30. The lowest BCUT2D eigenvalue weighted by Gasteiger charge is -2.36. The van der Waals surface area contributed by atoms with Gasteiger partial charge in [0.25, 0.3) is 0 Å². The number of nitrogens with zero attached hydrogens (tertiary/aromatic N) is 2. The molecule has 0 N–H and O–H groups in total. The highest BCUT2D eigenvalue weighted by atomic mass is 32.1. The highest BCUT2D eigenvalue weighted by molar-refractivity contribution is 7.20. The zero-order valence-corrected chi connectivity index (χ0v) is 15.0. The molecule has 0 atom stereocenters. The summed E-state index contributed by atoms with van der Waals surface area (Å²) in [5.41, 5.74) is 1.29. The summed E-state index contributed by atoms with van der Waals surface area (Å²) in [6, 6.07) is 20.8. The minimum Gasteiger partial charge on any atom is -0.369 e. The third kappa shape index (κ3) is 3.75. The highest BCUT2D eigenvalue weighted by Gasteiger charge is 2.18. The highest BCUT2D eigenvalue weighted by Crippen LogP contribution is 2.26. The van der Waals surface area contributed by atoms with Gasteiger partial charge < -0.3 is 4.90 Å². The average Bonchev–Trinajstić information content (AvgIpc) is 3.11. The maximum atomic E-state index is 12.5. The van der Waals surface area contributed by atoms with Gasteiger partial charge in [0.1, 0.15) is 0 Å². The molecule has 0 saturated carbocycles. The Labute approximate surface area is 152 Å². The molecule has 1 saturated heterocycles. The van der Waals surface area contributed by atoms with Crippen molar-refractivity contribution < 1.29 is 4.79 Å². The number of hydrogen-bond acceptors (Lipinski definition) is 4. The van der Waals surface area contributed by atoms with Crippen molar-refractivity contribution >= 4 is 32.9 Å². The van der Waals surface area contributed by atoms with Crippen LogP contribution in [0.3, 0.4) is 0 Å². The average molecular weight is 350 g/mol. The van der Waals surface area contributed by atoms with E-state index in [9.17, 15) is 4.79 Å². The van der Waals surface area contributed by atoms with Gasteiger partial charge >= 0.3 is 0 Å². The molecule has 4 rings (SSSR count). The monoisotopic (exact) mass is 350 g/mol. The number of benzene rings is 2. The molecule has 0 aliphatic carbocycles. The number of ketones is 1. The second-order valence-electron chi connectivity index (χ2n) is 6.49. The van der Waals surface area contributed by atoms with E-state index in [1.807, 2.05) is 18.2 Å². The van der Waals surface area contributed by atoms with E-state index in [2.05, 4.69) is 52.3 Å². The number of carbonyl (C=O) groups excluding carboxylic acids is 1. The number of anilines is 1. The van der Waals surface area contributed by atoms with E-state index in [-0.39, 0.29) is 5.78 Å². The van der Waals surface area contributed by atoms with Crippen LogP contribution in [-0.4, -0.2) is 43.4 Å². The van der Waals surface area contributed by atoms with E-state index >= 15 is 0 Å². The molecule has 2 aromatic carbocycles. The fraction of sp³-hybridized carbons (Fsp3) is 0.286. The van der Waals surface area contributed by atoms with Crippen LogP contribution in [0.5, 0.6) is 0 Å². The molecule has 3 nitrogen and oxygen atoms in total. The number of Topliss-reactive ketones (excluding diaryl/α,β-unsaturated/α-hetero) is 1. The van der Waals surface area contributed by atoms with Crippen LogP contribution in [-0.2, 0) is 0 Å². The minimum atomic E-state index is 0.270. The molecule has 3 aromatic rings.